The summed E-state index contributed by atoms with van der Waals surface area (Å²) in [5, 5.41) is 0. The van der Waals surface area contributed by atoms with Crippen molar-refractivity contribution in [2.75, 3.05) is 34.4 Å². The number of hydrogen-bond donors (Lipinski definition) is 0. The van der Waals surface area contributed by atoms with Gasteiger partial charge in [0.1, 0.15) is 24.2 Å². The second kappa shape index (κ2) is 12.2. The third-order valence-corrected chi connectivity index (χ3v) is 4.67. The Labute approximate surface area is 176 Å². The number of para-hydroxylation sites is 1. The number of nitrogens with zero attached hydrogens (tertiary/aromatic N) is 1. The Balaban J connectivity index is 1.97. The fraction of sp³-hybridized carbons (Fsp3) is 0.440. The molecule has 1 unspecified atom stereocenters. The Kier molecular flexibility index (Phi) is 9.58. The molecule has 29 heavy (non-hydrogen) atoms. The summed E-state index contributed by atoms with van der Waals surface area (Å²) in [7, 11) is 5.77. The van der Waals surface area contributed by atoms with E-state index >= 15 is 0 Å². The van der Waals surface area contributed by atoms with Crippen LogP contribution < -0.4 is 9.47 Å². The van der Waals surface area contributed by atoms with Crippen LogP contribution in [-0.2, 0) is 17.6 Å². The molecule has 4 nitrogen and oxygen atoms in total. The van der Waals surface area contributed by atoms with Gasteiger partial charge < -0.3 is 19.1 Å². The monoisotopic (exact) mass is 397 g/mol. The molecular formula is C25H35NO3. The van der Waals surface area contributed by atoms with Gasteiger partial charge in [-0.3, -0.25) is 0 Å². The highest BCUT2D eigenvalue weighted by molar-refractivity contribution is 5.35. The van der Waals surface area contributed by atoms with Gasteiger partial charge in [-0.1, -0.05) is 43.8 Å². The predicted molar refractivity (Wildman–Crippen MR) is 120 cm³/mol. The molecule has 0 radical (unpaired) electrons. The van der Waals surface area contributed by atoms with Gasteiger partial charge in [-0.15, -0.1) is 0 Å². The molecule has 4 heteroatoms. The first-order chi connectivity index (χ1) is 14.0. The highest BCUT2D eigenvalue weighted by Gasteiger charge is 2.15. The number of hydrogen-bond acceptors (Lipinski definition) is 4. The summed E-state index contributed by atoms with van der Waals surface area (Å²) >= 11 is 0. The van der Waals surface area contributed by atoms with E-state index < -0.39 is 0 Å². The lowest BCUT2D eigenvalue weighted by atomic mass is 10.0. The van der Waals surface area contributed by atoms with Crippen LogP contribution in [0.3, 0.4) is 0 Å². The van der Waals surface area contributed by atoms with E-state index in [9.17, 15) is 0 Å². The zero-order valence-corrected chi connectivity index (χ0v) is 18.3. The lowest BCUT2D eigenvalue weighted by Gasteiger charge is -2.24. The Morgan fingerprint density at radius 1 is 1.03 bits per heavy atom. The van der Waals surface area contributed by atoms with E-state index in [1.165, 1.54) is 11.1 Å². The van der Waals surface area contributed by atoms with E-state index in [0.717, 1.165) is 49.5 Å². The molecule has 0 saturated carbocycles. The Morgan fingerprint density at radius 2 is 1.76 bits per heavy atom. The molecule has 0 aromatic heterocycles. The van der Waals surface area contributed by atoms with Gasteiger partial charge >= 0.3 is 0 Å². The maximum Gasteiger partial charge on any atom is 0.145 e. The number of likely N-dealkylation sites (N-methyl/N-ethyl adjacent to an activating group) is 1. The first kappa shape index (κ1) is 22.8. The molecule has 0 amide bonds. The zero-order valence-electron chi connectivity index (χ0n) is 18.3. The average molecular weight is 398 g/mol. The van der Waals surface area contributed by atoms with Crippen molar-refractivity contribution in [3.8, 4) is 11.5 Å². The Bertz CT molecular complexity index is 740. The molecule has 2 aromatic carbocycles. The van der Waals surface area contributed by atoms with Crippen molar-refractivity contribution in [3.05, 3.63) is 72.0 Å². The van der Waals surface area contributed by atoms with Crippen LogP contribution >= 0.6 is 0 Å². The van der Waals surface area contributed by atoms with Gasteiger partial charge in [0.05, 0.1) is 12.9 Å². The van der Waals surface area contributed by atoms with Gasteiger partial charge in [0.15, 0.2) is 0 Å². The zero-order chi connectivity index (χ0) is 21.1. The highest BCUT2D eigenvalue weighted by atomic mass is 16.5. The first-order valence-electron chi connectivity index (χ1n) is 10.3. The van der Waals surface area contributed by atoms with E-state index in [4.69, 9.17) is 14.2 Å². The van der Waals surface area contributed by atoms with Crippen LogP contribution in [0.4, 0.5) is 0 Å². The van der Waals surface area contributed by atoms with Crippen molar-refractivity contribution in [2.45, 2.75) is 38.7 Å². The normalized spacial score (nSPS) is 11.9. The Hall–Kier alpha value is -2.46. The molecule has 0 heterocycles. The molecule has 1 atom stereocenters. The fourth-order valence-electron chi connectivity index (χ4n) is 3.21. The van der Waals surface area contributed by atoms with E-state index in [2.05, 4.69) is 42.7 Å². The smallest absolute Gasteiger partial charge is 0.145 e. The van der Waals surface area contributed by atoms with Gasteiger partial charge in [-0.25, -0.2) is 0 Å². The molecule has 0 spiro atoms. The summed E-state index contributed by atoms with van der Waals surface area (Å²) in [4.78, 5) is 2.11. The summed E-state index contributed by atoms with van der Waals surface area (Å²) in [6, 6.07) is 16.5. The summed E-state index contributed by atoms with van der Waals surface area (Å²) in [6.45, 7) is 7.45. The number of benzene rings is 2. The van der Waals surface area contributed by atoms with Crippen molar-refractivity contribution in [2.24, 2.45) is 0 Å². The average Bonchev–Trinajstić information content (AvgIpc) is 2.71. The summed E-state index contributed by atoms with van der Waals surface area (Å²) in [5.74, 6) is 2.64. The molecule has 0 saturated heterocycles. The largest absolute Gasteiger partial charge is 0.497 e. The van der Waals surface area contributed by atoms with Gasteiger partial charge in [-0.05, 0) is 62.7 Å². The van der Waals surface area contributed by atoms with Crippen LogP contribution in [-0.4, -0.2) is 45.4 Å². The molecule has 0 fully saturated rings. The number of ether oxygens (including phenoxy) is 3. The molecule has 0 aliphatic heterocycles. The van der Waals surface area contributed by atoms with Crippen molar-refractivity contribution >= 4 is 0 Å². The summed E-state index contributed by atoms with van der Waals surface area (Å²) < 4.78 is 17.5. The van der Waals surface area contributed by atoms with Crippen LogP contribution in [0.1, 0.15) is 30.9 Å². The quantitative estimate of drug-likeness (QED) is 0.439. The lowest BCUT2D eigenvalue weighted by Crippen LogP contribution is -2.33. The van der Waals surface area contributed by atoms with Gasteiger partial charge in [0.2, 0.25) is 0 Å². The van der Waals surface area contributed by atoms with Gasteiger partial charge in [0, 0.05) is 13.0 Å². The van der Waals surface area contributed by atoms with Crippen LogP contribution in [0.25, 0.3) is 0 Å². The highest BCUT2D eigenvalue weighted by Crippen LogP contribution is 2.22. The molecule has 2 aromatic rings. The molecule has 0 aliphatic rings. The number of methoxy groups -OCH3 is 1. The molecule has 0 bridgehead atoms. The maximum atomic E-state index is 6.19. The van der Waals surface area contributed by atoms with Crippen LogP contribution in [0, 0.1) is 0 Å². The van der Waals surface area contributed by atoms with E-state index in [-0.39, 0.29) is 6.10 Å². The molecule has 0 aliphatic carbocycles. The minimum absolute atomic E-state index is 0.0429. The van der Waals surface area contributed by atoms with Crippen molar-refractivity contribution in [1.29, 1.82) is 0 Å². The van der Waals surface area contributed by atoms with Crippen LogP contribution in [0.15, 0.2) is 60.9 Å². The van der Waals surface area contributed by atoms with E-state index in [1.54, 1.807) is 7.11 Å². The third kappa shape index (κ3) is 8.20. The number of allylic oxidation sites excluding steroid dienone is 1. The molecule has 158 valence electrons. The third-order valence-electron chi connectivity index (χ3n) is 4.67. The van der Waals surface area contributed by atoms with Crippen LogP contribution in [0.2, 0.25) is 0 Å². The predicted octanol–water partition coefficient (Wildman–Crippen LogP) is 5.12. The molecular weight excluding hydrogens is 362 g/mol. The van der Waals surface area contributed by atoms with Crippen molar-refractivity contribution in [3.63, 3.8) is 0 Å². The molecule has 2 rings (SSSR count). The number of rotatable bonds is 13. The van der Waals surface area contributed by atoms with Crippen LogP contribution in [0.5, 0.6) is 11.5 Å². The van der Waals surface area contributed by atoms with E-state index in [0.29, 0.717) is 6.61 Å². The maximum absolute atomic E-state index is 6.19. The lowest BCUT2D eigenvalue weighted by molar-refractivity contribution is 0.0456. The summed E-state index contributed by atoms with van der Waals surface area (Å²) in [5.41, 5.74) is 2.49. The standard InChI is InChI=1S/C25H35NO3/c1-6-9-20(2)29-24(18-26(3)4)19-28-25-11-8-7-10-22(25)15-12-21-13-16-23(27-5)17-14-21/h7-8,10-11,13-14,16-17,24H,2,6,9,12,15,18-19H2,1,3-5H3. The summed E-state index contributed by atoms with van der Waals surface area (Å²) in [6.07, 6.45) is 3.74. The first-order valence-corrected chi connectivity index (χ1v) is 10.3. The SMILES string of the molecule is C=C(CCC)OC(COc1ccccc1CCc1ccc(OC)cc1)CN(C)C. The van der Waals surface area contributed by atoms with Crippen molar-refractivity contribution < 1.29 is 14.2 Å². The minimum atomic E-state index is -0.0429. The second-order valence-corrected chi connectivity index (χ2v) is 7.56. The fourth-order valence-corrected chi connectivity index (χ4v) is 3.21. The van der Waals surface area contributed by atoms with Gasteiger partial charge in [-0.2, -0.15) is 0 Å². The Morgan fingerprint density at radius 3 is 2.41 bits per heavy atom. The number of aryl methyl sites for hydroxylation is 2. The second-order valence-electron chi connectivity index (χ2n) is 7.56. The van der Waals surface area contributed by atoms with Gasteiger partial charge in [0.25, 0.3) is 0 Å². The van der Waals surface area contributed by atoms with E-state index in [1.807, 2.05) is 38.4 Å². The minimum Gasteiger partial charge on any atom is -0.497 e. The molecule has 0 N–H and O–H groups in total. The van der Waals surface area contributed by atoms with Crippen molar-refractivity contribution in [1.82, 2.24) is 4.90 Å². The topological polar surface area (TPSA) is 30.9 Å².